The Balaban J connectivity index is 1.31. The third-order valence-corrected chi connectivity index (χ3v) is 13.6. The highest BCUT2D eigenvalue weighted by molar-refractivity contribution is 7.85. The summed E-state index contributed by atoms with van der Waals surface area (Å²) in [5.41, 5.74) is 8.87. The average Bonchev–Trinajstić information content (AvgIpc) is 3.23. The number of aliphatic hydroxyl groups is 1. The van der Waals surface area contributed by atoms with Crippen LogP contribution in [0.25, 0.3) is 0 Å². The van der Waals surface area contributed by atoms with E-state index in [1.165, 1.54) is 57.8 Å². The van der Waals surface area contributed by atoms with E-state index in [1.807, 2.05) is 14.1 Å². The number of quaternary nitrogens is 1. The van der Waals surface area contributed by atoms with E-state index in [0.29, 0.717) is 22.9 Å². The number of likely N-dealkylation sites (N-methyl/N-ethyl adjacent to an activating group) is 1. The summed E-state index contributed by atoms with van der Waals surface area (Å²) in [5.74, 6) is 4.40. The topological polar surface area (TPSA) is 110 Å². The maximum Gasteiger partial charge on any atom is 0.267 e. The minimum absolute atomic E-state index is 0.142. The molecule has 0 aromatic heterocycles. The van der Waals surface area contributed by atoms with Gasteiger partial charge in [-0.3, -0.25) is 4.55 Å². The maximum absolute atomic E-state index is 11.1. The number of rotatable bonds is 14. The molecule has 3 saturated carbocycles. The van der Waals surface area contributed by atoms with Crippen LogP contribution in [0.4, 0.5) is 0 Å². The van der Waals surface area contributed by atoms with E-state index in [4.69, 9.17) is 15.0 Å². The number of hydrogen-bond acceptors (Lipinski definition) is 5. The molecule has 3 fully saturated rings. The smallest absolute Gasteiger partial charge is 0.267 e. The van der Waals surface area contributed by atoms with Gasteiger partial charge in [0.1, 0.15) is 24.6 Å². The zero-order valence-electron chi connectivity index (χ0n) is 28.4. The fourth-order valence-corrected chi connectivity index (χ4v) is 11.1. The van der Waals surface area contributed by atoms with Gasteiger partial charge in [-0.1, -0.05) is 65.5 Å². The van der Waals surface area contributed by atoms with Crippen molar-refractivity contribution >= 4 is 10.1 Å². The van der Waals surface area contributed by atoms with Crippen molar-refractivity contribution in [2.45, 2.75) is 130 Å². The Bertz CT molecular complexity index is 1080. The lowest BCUT2D eigenvalue weighted by Crippen LogP contribution is -2.51. The maximum atomic E-state index is 11.1. The molecule has 0 spiro atoms. The third-order valence-electron chi connectivity index (χ3n) is 12.8. The summed E-state index contributed by atoms with van der Waals surface area (Å²) in [7, 11) is -0.333. The van der Waals surface area contributed by atoms with Gasteiger partial charge in [0.25, 0.3) is 10.1 Å². The molecule has 250 valence electrons. The molecule has 43 heavy (non-hydrogen) atoms. The van der Waals surface area contributed by atoms with Gasteiger partial charge >= 0.3 is 0 Å². The van der Waals surface area contributed by atoms with Crippen molar-refractivity contribution in [1.82, 2.24) is 0 Å². The van der Waals surface area contributed by atoms with E-state index in [9.17, 15) is 13.5 Å². The summed E-state index contributed by atoms with van der Waals surface area (Å²) in [5, 5.41) is 10.1. The fraction of sp³-hybridized carbons (Fsp3) is 0.943. The van der Waals surface area contributed by atoms with Gasteiger partial charge in [-0.05, 0) is 97.7 Å². The molecule has 0 saturated heterocycles. The van der Waals surface area contributed by atoms with Gasteiger partial charge < -0.3 is 20.1 Å². The van der Waals surface area contributed by atoms with E-state index in [1.54, 1.807) is 5.57 Å². The Morgan fingerprint density at radius 1 is 1.05 bits per heavy atom. The van der Waals surface area contributed by atoms with Crippen LogP contribution in [0.5, 0.6) is 0 Å². The second-order valence-electron chi connectivity index (χ2n) is 16.9. The van der Waals surface area contributed by atoms with Crippen LogP contribution in [0, 0.1) is 46.3 Å². The molecule has 0 bridgehead atoms. The average molecular weight is 626 g/mol. The number of aliphatic hydroxyl groups excluding tert-OH is 1. The summed E-state index contributed by atoms with van der Waals surface area (Å²) in [6, 6.07) is 0. The number of allylic oxidation sites excluding steroid dienone is 1. The van der Waals surface area contributed by atoms with Gasteiger partial charge in [0.2, 0.25) is 0 Å². The second kappa shape index (κ2) is 13.7. The monoisotopic (exact) mass is 625 g/mol. The van der Waals surface area contributed by atoms with Crippen molar-refractivity contribution in [2.75, 3.05) is 32.9 Å². The van der Waals surface area contributed by atoms with Crippen molar-refractivity contribution < 1.29 is 27.3 Å². The SMILES string of the molecule is CC(C)CCC[C@@H](C)[C@H]1CC[C@H]2[C@@H]3CC=C4C[C@@H](OC(N)CC[N+](C)(C)CC(O)CS(=O)(=O)O)CC[C@]4(C)[C@H]3CC[C@]12C. The molecule has 4 aliphatic carbocycles. The fourth-order valence-electron chi connectivity index (χ4n) is 10.5. The van der Waals surface area contributed by atoms with Crippen LogP contribution in [0.2, 0.25) is 0 Å². The third kappa shape index (κ3) is 8.45. The molecule has 2 unspecified atom stereocenters. The molecule has 4 aliphatic rings. The molecule has 8 heteroatoms. The molecule has 7 nitrogen and oxygen atoms in total. The normalized spacial score (nSPS) is 36.8. The van der Waals surface area contributed by atoms with Crippen LogP contribution in [0.1, 0.15) is 112 Å². The Kier molecular flexibility index (Phi) is 11.3. The molecule has 0 aromatic carbocycles. The minimum atomic E-state index is -4.20. The van der Waals surface area contributed by atoms with Crippen LogP contribution >= 0.6 is 0 Å². The number of nitrogens with zero attached hydrogens (tertiary/aromatic N) is 1. The molecule has 4 N–H and O–H groups in total. The van der Waals surface area contributed by atoms with Crippen molar-refractivity contribution in [1.29, 1.82) is 0 Å². The van der Waals surface area contributed by atoms with Crippen molar-refractivity contribution in [3.8, 4) is 0 Å². The molecule has 0 aromatic rings. The van der Waals surface area contributed by atoms with E-state index in [2.05, 4.69) is 40.7 Å². The number of ether oxygens (including phenoxy) is 1. The van der Waals surface area contributed by atoms with Crippen LogP contribution in [0.15, 0.2) is 11.6 Å². The molecule has 4 rings (SSSR count). The van der Waals surface area contributed by atoms with Gasteiger partial charge in [0.15, 0.2) is 0 Å². The minimum Gasteiger partial charge on any atom is -0.386 e. The summed E-state index contributed by atoms with van der Waals surface area (Å²) in [6.07, 6.45) is 16.1. The Morgan fingerprint density at radius 3 is 2.44 bits per heavy atom. The second-order valence-corrected chi connectivity index (χ2v) is 18.4. The molecular weight excluding hydrogens is 560 g/mol. The van der Waals surface area contributed by atoms with Crippen molar-refractivity contribution in [2.24, 2.45) is 52.1 Å². The van der Waals surface area contributed by atoms with E-state index in [0.717, 1.165) is 48.3 Å². The van der Waals surface area contributed by atoms with Gasteiger partial charge in [0.05, 0.1) is 26.7 Å². The summed E-state index contributed by atoms with van der Waals surface area (Å²) in [4.78, 5) is 0. The first kappa shape index (κ1) is 35.3. The largest absolute Gasteiger partial charge is 0.386 e. The summed E-state index contributed by atoms with van der Waals surface area (Å²) >= 11 is 0. The number of fused-ring (bicyclic) bond motifs is 5. The highest BCUT2D eigenvalue weighted by Crippen LogP contribution is 2.67. The van der Waals surface area contributed by atoms with Crippen LogP contribution in [-0.4, -0.2) is 73.9 Å². The van der Waals surface area contributed by atoms with Crippen molar-refractivity contribution in [3.63, 3.8) is 0 Å². The van der Waals surface area contributed by atoms with Crippen LogP contribution < -0.4 is 5.73 Å². The summed E-state index contributed by atoms with van der Waals surface area (Å²) < 4.78 is 38.1. The molecule has 0 aliphatic heterocycles. The number of hydrogen-bond donors (Lipinski definition) is 3. The Hall–Kier alpha value is -0.510. The lowest BCUT2D eigenvalue weighted by atomic mass is 9.47. The zero-order chi connectivity index (χ0) is 31.8. The molecule has 0 radical (unpaired) electrons. The van der Waals surface area contributed by atoms with Gasteiger partial charge in [-0.25, -0.2) is 0 Å². The molecule has 0 amide bonds. The van der Waals surface area contributed by atoms with E-state index < -0.39 is 28.2 Å². The molecule has 0 heterocycles. The van der Waals surface area contributed by atoms with E-state index >= 15 is 0 Å². The lowest BCUT2D eigenvalue weighted by molar-refractivity contribution is -0.893. The standard InChI is InChI=1S/C35H64N2O5S/c1-24(2)9-8-10-25(3)30-13-14-31-29-12-11-26-21-28(15-18-34(26,4)32(29)16-19-35(30,31)5)42-33(36)17-20-37(6,7)22-27(38)23-43(39,40)41/h11,24-25,27-33,38H,8-10,12-23,36H2,1-7H3/p+1/t25-,27?,28+,29+,30-,31+,32+,33?,34+,35-/m1/s1. The predicted octanol–water partition coefficient (Wildman–Crippen LogP) is 6.41. The first-order valence-electron chi connectivity index (χ1n) is 17.5. The predicted molar refractivity (Wildman–Crippen MR) is 175 cm³/mol. The van der Waals surface area contributed by atoms with E-state index in [-0.39, 0.29) is 18.1 Å². The molecule has 10 atom stereocenters. The Labute approximate surface area is 263 Å². The van der Waals surface area contributed by atoms with Gasteiger partial charge in [-0.2, -0.15) is 8.42 Å². The first-order chi connectivity index (χ1) is 19.9. The quantitative estimate of drug-likeness (QED) is 0.0891. The highest BCUT2D eigenvalue weighted by Gasteiger charge is 2.59. The highest BCUT2D eigenvalue weighted by atomic mass is 32.2. The summed E-state index contributed by atoms with van der Waals surface area (Å²) in [6.45, 7) is 13.4. The van der Waals surface area contributed by atoms with Gasteiger partial charge in [-0.15, -0.1) is 0 Å². The van der Waals surface area contributed by atoms with Crippen LogP contribution in [-0.2, 0) is 14.9 Å². The number of nitrogens with two attached hydrogens (primary N) is 1. The lowest BCUT2D eigenvalue weighted by Gasteiger charge is -2.58. The van der Waals surface area contributed by atoms with Crippen LogP contribution in [0.3, 0.4) is 0 Å². The Morgan fingerprint density at radius 2 is 1.77 bits per heavy atom. The first-order valence-corrected chi connectivity index (χ1v) is 19.1. The van der Waals surface area contributed by atoms with Gasteiger partial charge in [0, 0.05) is 6.42 Å². The van der Waals surface area contributed by atoms with Crippen molar-refractivity contribution in [3.05, 3.63) is 11.6 Å². The zero-order valence-corrected chi connectivity index (χ0v) is 29.2. The molecular formula is C35H65N2O5S+.